The van der Waals surface area contributed by atoms with Gasteiger partial charge in [-0.2, -0.15) is 0 Å². The van der Waals surface area contributed by atoms with E-state index in [1.165, 1.54) is 16.5 Å². The second-order valence-corrected chi connectivity index (χ2v) is 6.37. The van der Waals surface area contributed by atoms with E-state index in [9.17, 15) is 9.59 Å². The van der Waals surface area contributed by atoms with Crippen molar-refractivity contribution in [1.29, 1.82) is 0 Å². The van der Waals surface area contributed by atoms with Crippen LogP contribution in [0.5, 0.6) is 0 Å². The Hall–Kier alpha value is -1.56. The van der Waals surface area contributed by atoms with Crippen molar-refractivity contribution >= 4 is 27.3 Å². The van der Waals surface area contributed by atoms with Crippen LogP contribution in [0.2, 0.25) is 0 Å². The summed E-state index contributed by atoms with van der Waals surface area (Å²) in [4.78, 5) is 25.5. The first-order valence-electron chi connectivity index (χ1n) is 6.43. The lowest BCUT2D eigenvalue weighted by molar-refractivity contribution is -0.117. The van der Waals surface area contributed by atoms with E-state index in [0.717, 1.165) is 24.8 Å². The number of carbonyl (C=O) groups is 1. The average Bonchev–Trinajstić information content (AvgIpc) is 2.70. The van der Waals surface area contributed by atoms with E-state index >= 15 is 0 Å². The van der Waals surface area contributed by atoms with Crippen molar-refractivity contribution < 1.29 is 4.79 Å². The molecule has 0 amide bonds. The molecular formula is C13H15N3O2S. The minimum Gasteiger partial charge on any atom is -0.298 e. The lowest BCUT2D eigenvalue weighted by Crippen LogP contribution is -2.27. The molecule has 0 saturated heterocycles. The molecular weight excluding hydrogens is 262 g/mol. The summed E-state index contributed by atoms with van der Waals surface area (Å²) in [5, 5.41) is 8.64. The second kappa shape index (κ2) is 4.52. The number of hydrogen-bond donors (Lipinski definition) is 0. The Morgan fingerprint density at radius 2 is 2.32 bits per heavy atom. The quantitative estimate of drug-likeness (QED) is 0.835. The number of aryl methyl sites for hydroxylation is 1. The molecule has 100 valence electrons. The highest BCUT2D eigenvalue weighted by Gasteiger charge is 2.23. The number of rotatable bonds is 2. The second-order valence-electron chi connectivity index (χ2n) is 5.29. The summed E-state index contributed by atoms with van der Waals surface area (Å²) in [7, 11) is 0. The van der Waals surface area contributed by atoms with Crippen molar-refractivity contribution in [2.75, 3.05) is 0 Å². The zero-order valence-corrected chi connectivity index (χ0v) is 11.8. The van der Waals surface area contributed by atoms with E-state index in [0.29, 0.717) is 16.1 Å². The molecule has 2 aromatic rings. The fourth-order valence-corrected chi connectivity index (χ4v) is 3.92. The van der Waals surface area contributed by atoms with E-state index in [4.69, 9.17) is 0 Å². The lowest BCUT2D eigenvalue weighted by Gasteiger charge is -2.17. The van der Waals surface area contributed by atoms with Gasteiger partial charge in [-0.3, -0.25) is 9.59 Å². The molecule has 0 aromatic carbocycles. The first-order chi connectivity index (χ1) is 9.06. The molecule has 0 radical (unpaired) electrons. The Morgan fingerprint density at radius 3 is 3.05 bits per heavy atom. The van der Waals surface area contributed by atoms with E-state index < -0.39 is 0 Å². The highest BCUT2D eigenvalue weighted by molar-refractivity contribution is 7.18. The topological polar surface area (TPSA) is 64.8 Å². The zero-order valence-electron chi connectivity index (χ0n) is 11.0. The van der Waals surface area contributed by atoms with E-state index in [1.54, 1.807) is 11.3 Å². The fraction of sp³-hybridized carbons (Fsp3) is 0.538. The van der Waals surface area contributed by atoms with Gasteiger partial charge in [0.05, 0.1) is 5.39 Å². The average molecular weight is 277 g/mol. The summed E-state index contributed by atoms with van der Waals surface area (Å²) in [5.41, 5.74) is 0.961. The van der Waals surface area contributed by atoms with E-state index in [1.807, 2.05) is 0 Å². The lowest BCUT2D eigenvalue weighted by atomic mass is 9.89. The van der Waals surface area contributed by atoms with Crippen LogP contribution in [0.1, 0.15) is 30.7 Å². The van der Waals surface area contributed by atoms with Crippen molar-refractivity contribution in [2.45, 2.75) is 39.7 Å². The summed E-state index contributed by atoms with van der Waals surface area (Å²) in [5.74, 6) is 0.571. The van der Waals surface area contributed by atoms with Crippen LogP contribution in [-0.4, -0.2) is 20.8 Å². The van der Waals surface area contributed by atoms with Crippen LogP contribution in [0.4, 0.5) is 0 Å². The number of carbonyl (C=O) groups excluding carboxylic acids is 1. The molecule has 1 unspecified atom stereocenters. The maximum Gasteiger partial charge on any atom is 0.279 e. The Kier molecular flexibility index (Phi) is 2.97. The van der Waals surface area contributed by atoms with Crippen LogP contribution >= 0.6 is 11.3 Å². The van der Waals surface area contributed by atoms with Crippen LogP contribution in [0.25, 0.3) is 10.2 Å². The van der Waals surface area contributed by atoms with Crippen LogP contribution in [0.3, 0.4) is 0 Å². The molecule has 5 nitrogen and oxygen atoms in total. The highest BCUT2D eigenvalue weighted by atomic mass is 32.1. The molecule has 1 aliphatic rings. The number of ketones is 1. The van der Waals surface area contributed by atoms with Crippen LogP contribution in [0, 0.1) is 5.92 Å². The molecule has 19 heavy (non-hydrogen) atoms. The number of Topliss-reactive ketones (excluding diaryl/α,β-unsaturated/α-hetero) is 1. The Balaban J connectivity index is 2.20. The maximum absolute atomic E-state index is 12.4. The van der Waals surface area contributed by atoms with Crippen molar-refractivity contribution in [3.63, 3.8) is 0 Å². The number of nitrogens with zero attached hydrogens (tertiary/aromatic N) is 3. The Labute approximate surface area is 114 Å². The molecule has 2 aromatic heterocycles. The maximum atomic E-state index is 12.4. The van der Waals surface area contributed by atoms with Crippen molar-refractivity contribution in [1.82, 2.24) is 15.0 Å². The van der Waals surface area contributed by atoms with Gasteiger partial charge in [-0.25, -0.2) is 4.68 Å². The van der Waals surface area contributed by atoms with Gasteiger partial charge in [-0.15, -0.1) is 16.4 Å². The number of hydrogen-bond acceptors (Lipinski definition) is 5. The Morgan fingerprint density at radius 1 is 1.53 bits per heavy atom. The van der Waals surface area contributed by atoms with E-state index in [-0.39, 0.29) is 17.9 Å². The summed E-state index contributed by atoms with van der Waals surface area (Å²) >= 11 is 1.57. The van der Waals surface area contributed by atoms with Crippen LogP contribution in [0.15, 0.2) is 4.79 Å². The predicted molar refractivity (Wildman–Crippen MR) is 73.5 cm³/mol. The van der Waals surface area contributed by atoms with Crippen molar-refractivity contribution in [2.24, 2.45) is 5.92 Å². The molecule has 0 aliphatic heterocycles. The largest absolute Gasteiger partial charge is 0.298 e. The molecule has 0 bridgehead atoms. The van der Waals surface area contributed by atoms with Crippen LogP contribution in [-0.2, 0) is 24.2 Å². The first kappa shape index (κ1) is 12.5. The third-order valence-electron chi connectivity index (χ3n) is 3.56. The van der Waals surface area contributed by atoms with Gasteiger partial charge < -0.3 is 0 Å². The van der Waals surface area contributed by atoms with Gasteiger partial charge in [0.1, 0.15) is 6.54 Å². The van der Waals surface area contributed by atoms with E-state index in [2.05, 4.69) is 17.2 Å². The van der Waals surface area contributed by atoms with Gasteiger partial charge in [0, 0.05) is 4.88 Å². The third-order valence-corrected chi connectivity index (χ3v) is 4.70. The van der Waals surface area contributed by atoms with Crippen molar-refractivity contribution in [3.8, 4) is 0 Å². The standard InChI is InChI=1S/C13H15N3O2S/c1-7-3-4-9-10(5-7)19-12-11(9)13(18)16(15-14-12)6-8(2)17/h7H,3-6H2,1-2H3. The molecule has 0 fully saturated rings. The Bertz CT molecular complexity index is 716. The number of aromatic nitrogens is 3. The SMILES string of the molecule is CC(=O)Cn1nnc2sc3c(c2c1=O)CCC(C)C3. The summed E-state index contributed by atoms with van der Waals surface area (Å²) in [6.45, 7) is 3.68. The van der Waals surface area contributed by atoms with Gasteiger partial charge in [0.2, 0.25) is 0 Å². The van der Waals surface area contributed by atoms with Crippen LogP contribution < -0.4 is 5.56 Å². The minimum atomic E-state index is -0.174. The summed E-state index contributed by atoms with van der Waals surface area (Å²) < 4.78 is 1.18. The van der Waals surface area contributed by atoms with Gasteiger partial charge in [0.15, 0.2) is 10.6 Å². The molecule has 2 heterocycles. The molecule has 0 saturated carbocycles. The normalized spacial score (nSPS) is 18.5. The highest BCUT2D eigenvalue weighted by Crippen LogP contribution is 2.35. The molecule has 0 N–H and O–H groups in total. The number of thiophene rings is 1. The molecule has 3 rings (SSSR count). The monoisotopic (exact) mass is 277 g/mol. The van der Waals surface area contributed by atoms with Gasteiger partial charge in [0.25, 0.3) is 5.56 Å². The smallest absolute Gasteiger partial charge is 0.279 e. The molecule has 1 aliphatic carbocycles. The summed E-state index contributed by atoms with van der Waals surface area (Å²) in [6, 6.07) is 0. The molecule has 0 spiro atoms. The number of fused-ring (bicyclic) bond motifs is 3. The fourth-order valence-electron chi connectivity index (χ4n) is 2.61. The van der Waals surface area contributed by atoms with Gasteiger partial charge in [-0.1, -0.05) is 12.1 Å². The minimum absolute atomic E-state index is 0.00277. The first-order valence-corrected chi connectivity index (χ1v) is 7.25. The predicted octanol–water partition coefficient (Wildman–Crippen LogP) is 1.57. The third kappa shape index (κ3) is 2.10. The summed E-state index contributed by atoms with van der Waals surface area (Å²) in [6.07, 6.45) is 3.05. The molecule has 1 atom stereocenters. The zero-order chi connectivity index (χ0) is 13.6. The van der Waals surface area contributed by atoms with Crippen molar-refractivity contribution in [3.05, 3.63) is 20.8 Å². The van der Waals surface area contributed by atoms with Gasteiger partial charge >= 0.3 is 0 Å². The van der Waals surface area contributed by atoms with Gasteiger partial charge in [-0.05, 0) is 37.7 Å². The molecule has 6 heteroatoms.